The van der Waals surface area contributed by atoms with E-state index in [1.807, 2.05) is 0 Å². The molecule has 0 fully saturated rings. The molecule has 1 aromatic heterocycles. The summed E-state index contributed by atoms with van der Waals surface area (Å²) in [5.74, 6) is -0.246. The third-order valence-corrected chi connectivity index (χ3v) is 3.55. The lowest BCUT2D eigenvalue weighted by Gasteiger charge is -2.12. The number of carbonyl (C=O) groups excluding carboxylic acids is 1. The molecule has 0 spiro atoms. The Morgan fingerprint density at radius 3 is 2.67 bits per heavy atom. The number of methoxy groups -OCH3 is 1. The highest BCUT2D eigenvalue weighted by Crippen LogP contribution is 2.25. The smallest absolute Gasteiger partial charge is 0.239 e. The van der Waals surface area contributed by atoms with Gasteiger partial charge in [-0.05, 0) is 0 Å². The van der Waals surface area contributed by atoms with Crippen LogP contribution in [0.15, 0.2) is 0 Å². The molecule has 3 N–H and O–H groups in total. The molecule has 1 atom stereocenters. The zero-order valence-corrected chi connectivity index (χ0v) is 12.0. The Morgan fingerprint density at radius 2 is 2.17 bits per heavy atom. The van der Waals surface area contributed by atoms with Crippen LogP contribution in [0, 0.1) is 0 Å². The van der Waals surface area contributed by atoms with Gasteiger partial charge in [-0.2, -0.15) is 0 Å². The van der Waals surface area contributed by atoms with Crippen molar-refractivity contribution in [2.45, 2.75) is 38.8 Å². The maximum absolute atomic E-state index is 11.6. The van der Waals surface area contributed by atoms with E-state index in [0.717, 1.165) is 10.0 Å². The van der Waals surface area contributed by atoms with Gasteiger partial charge in [-0.25, -0.2) is 0 Å². The summed E-state index contributed by atoms with van der Waals surface area (Å²) >= 11 is 1.50. The minimum absolute atomic E-state index is 0.0214. The molecule has 0 radical (unpaired) electrons. The van der Waals surface area contributed by atoms with Gasteiger partial charge in [0.1, 0.15) is 16.1 Å². The highest BCUT2D eigenvalue weighted by molar-refractivity contribution is 7.11. The lowest BCUT2D eigenvalue weighted by molar-refractivity contribution is -0.123. The van der Waals surface area contributed by atoms with Crippen molar-refractivity contribution in [1.82, 2.24) is 15.5 Å². The first-order valence-electron chi connectivity index (χ1n) is 5.69. The second-order valence-electron chi connectivity index (χ2n) is 5.03. The molecule has 0 saturated heterocycles. The number of carbonyl (C=O) groups is 1. The van der Waals surface area contributed by atoms with Crippen molar-refractivity contribution in [3.63, 3.8) is 0 Å². The average molecular weight is 272 g/mol. The van der Waals surface area contributed by atoms with E-state index in [2.05, 4.69) is 36.3 Å². The Bertz CT molecular complexity index is 400. The van der Waals surface area contributed by atoms with Crippen molar-refractivity contribution in [1.29, 1.82) is 0 Å². The summed E-state index contributed by atoms with van der Waals surface area (Å²) in [5.41, 5.74) is 5.58. The van der Waals surface area contributed by atoms with Gasteiger partial charge in [0.15, 0.2) is 0 Å². The van der Waals surface area contributed by atoms with E-state index < -0.39 is 6.04 Å². The van der Waals surface area contributed by atoms with Crippen LogP contribution in [0.25, 0.3) is 0 Å². The minimum atomic E-state index is -0.648. The molecule has 1 rings (SSSR count). The minimum Gasteiger partial charge on any atom is -0.383 e. The first-order chi connectivity index (χ1) is 8.34. The first kappa shape index (κ1) is 15.0. The SMILES string of the molecule is COCC(N)C(=O)NCc1nnc(C(C)(C)C)s1. The predicted molar refractivity (Wildman–Crippen MR) is 70.3 cm³/mol. The topological polar surface area (TPSA) is 90.1 Å². The Kier molecular flexibility index (Phi) is 5.18. The fourth-order valence-electron chi connectivity index (χ4n) is 1.18. The quantitative estimate of drug-likeness (QED) is 0.811. The van der Waals surface area contributed by atoms with Crippen LogP contribution in [0.3, 0.4) is 0 Å². The molecule has 1 unspecified atom stereocenters. The molecule has 6 nitrogen and oxygen atoms in total. The van der Waals surface area contributed by atoms with Crippen molar-refractivity contribution >= 4 is 17.2 Å². The average Bonchev–Trinajstić information content (AvgIpc) is 2.74. The molecule has 1 heterocycles. The van der Waals surface area contributed by atoms with Gasteiger partial charge >= 0.3 is 0 Å². The summed E-state index contributed by atoms with van der Waals surface area (Å²) in [7, 11) is 1.51. The van der Waals surface area contributed by atoms with Crippen molar-refractivity contribution in [2.24, 2.45) is 5.73 Å². The Hall–Kier alpha value is -1.05. The number of amides is 1. The number of hydrogen-bond acceptors (Lipinski definition) is 6. The monoisotopic (exact) mass is 272 g/mol. The number of nitrogens with one attached hydrogen (secondary N) is 1. The van der Waals surface area contributed by atoms with Crippen molar-refractivity contribution < 1.29 is 9.53 Å². The molecule has 0 aliphatic heterocycles. The highest BCUT2D eigenvalue weighted by Gasteiger charge is 2.20. The number of nitrogens with zero attached hydrogens (tertiary/aromatic N) is 2. The van der Waals surface area contributed by atoms with Crippen LogP contribution >= 0.6 is 11.3 Å². The molecule has 0 aromatic carbocycles. The van der Waals surface area contributed by atoms with Crippen molar-refractivity contribution in [3.05, 3.63) is 10.0 Å². The summed E-state index contributed by atoms with van der Waals surface area (Å²) in [4.78, 5) is 11.6. The molecule has 7 heteroatoms. The van der Waals surface area contributed by atoms with Crippen LogP contribution in [-0.4, -0.2) is 35.9 Å². The zero-order chi connectivity index (χ0) is 13.8. The van der Waals surface area contributed by atoms with Crippen LogP contribution in [-0.2, 0) is 21.5 Å². The van der Waals surface area contributed by atoms with E-state index in [4.69, 9.17) is 10.5 Å². The van der Waals surface area contributed by atoms with E-state index in [-0.39, 0.29) is 17.9 Å². The third-order valence-electron chi connectivity index (χ3n) is 2.21. The van der Waals surface area contributed by atoms with Crippen LogP contribution in [0.1, 0.15) is 30.8 Å². The Labute approximate surface area is 111 Å². The van der Waals surface area contributed by atoms with Gasteiger partial charge in [0.05, 0.1) is 13.2 Å². The van der Waals surface area contributed by atoms with E-state index in [0.29, 0.717) is 6.54 Å². The molecular weight excluding hydrogens is 252 g/mol. The number of aromatic nitrogens is 2. The molecule has 18 heavy (non-hydrogen) atoms. The van der Waals surface area contributed by atoms with Gasteiger partial charge in [-0.1, -0.05) is 32.1 Å². The number of hydrogen-bond donors (Lipinski definition) is 2. The van der Waals surface area contributed by atoms with Gasteiger partial charge in [0.25, 0.3) is 0 Å². The normalized spacial score (nSPS) is 13.4. The summed E-state index contributed by atoms with van der Waals surface area (Å²) in [6.07, 6.45) is 0. The standard InChI is InChI=1S/C11H20N4O2S/c1-11(2,3)10-15-14-8(18-10)5-13-9(16)7(12)6-17-4/h7H,5-6,12H2,1-4H3,(H,13,16). The van der Waals surface area contributed by atoms with Gasteiger partial charge in [0, 0.05) is 12.5 Å². The number of ether oxygens (including phenoxy) is 1. The van der Waals surface area contributed by atoms with Crippen molar-refractivity contribution in [3.8, 4) is 0 Å². The zero-order valence-electron chi connectivity index (χ0n) is 11.2. The Morgan fingerprint density at radius 1 is 1.50 bits per heavy atom. The second kappa shape index (κ2) is 6.21. The van der Waals surface area contributed by atoms with Crippen LogP contribution in [0.2, 0.25) is 0 Å². The molecular formula is C11H20N4O2S. The molecule has 0 aliphatic rings. The third kappa shape index (κ3) is 4.32. The maximum Gasteiger partial charge on any atom is 0.239 e. The van der Waals surface area contributed by atoms with Gasteiger partial charge in [0.2, 0.25) is 5.91 Å². The highest BCUT2D eigenvalue weighted by atomic mass is 32.1. The van der Waals surface area contributed by atoms with E-state index in [1.54, 1.807) is 0 Å². The van der Waals surface area contributed by atoms with Crippen LogP contribution in [0.5, 0.6) is 0 Å². The molecule has 1 amide bonds. The van der Waals surface area contributed by atoms with Gasteiger partial charge < -0.3 is 15.8 Å². The van der Waals surface area contributed by atoms with E-state index >= 15 is 0 Å². The predicted octanol–water partition coefficient (Wildman–Crippen LogP) is 0.425. The lowest BCUT2D eigenvalue weighted by Crippen LogP contribution is -2.43. The lowest BCUT2D eigenvalue weighted by atomic mass is 9.98. The summed E-state index contributed by atoms with van der Waals surface area (Å²) < 4.78 is 4.81. The van der Waals surface area contributed by atoms with Crippen molar-refractivity contribution in [2.75, 3.05) is 13.7 Å². The van der Waals surface area contributed by atoms with Crippen LogP contribution < -0.4 is 11.1 Å². The van der Waals surface area contributed by atoms with Gasteiger partial charge in [-0.15, -0.1) is 10.2 Å². The molecule has 0 aliphatic carbocycles. The molecule has 0 bridgehead atoms. The number of rotatable bonds is 5. The van der Waals surface area contributed by atoms with Gasteiger partial charge in [-0.3, -0.25) is 4.79 Å². The van der Waals surface area contributed by atoms with Crippen LogP contribution in [0.4, 0.5) is 0 Å². The molecule has 102 valence electrons. The molecule has 1 aromatic rings. The summed E-state index contributed by atoms with van der Waals surface area (Å²) in [6, 6.07) is -0.648. The van der Waals surface area contributed by atoms with E-state index in [1.165, 1.54) is 18.4 Å². The number of nitrogens with two attached hydrogens (primary N) is 1. The maximum atomic E-state index is 11.6. The Balaban J connectivity index is 2.49. The van der Waals surface area contributed by atoms with E-state index in [9.17, 15) is 4.79 Å². The summed E-state index contributed by atoms with van der Waals surface area (Å²) in [5, 5.41) is 12.6. The fourth-order valence-corrected chi connectivity index (χ4v) is 2.01. The fraction of sp³-hybridized carbons (Fsp3) is 0.727. The molecule has 0 saturated carbocycles. The largest absolute Gasteiger partial charge is 0.383 e. The first-order valence-corrected chi connectivity index (χ1v) is 6.51. The summed E-state index contributed by atoms with van der Waals surface area (Å²) in [6.45, 7) is 6.78. The second-order valence-corrected chi connectivity index (χ2v) is 6.09.